The molecule has 0 atom stereocenters. The Morgan fingerprint density at radius 2 is 1.43 bits per heavy atom. The number of nitrogens with zero attached hydrogens (tertiary/aromatic N) is 1. The van der Waals surface area contributed by atoms with Crippen LogP contribution in [0.1, 0.15) is 0 Å². The van der Waals surface area contributed by atoms with Gasteiger partial charge < -0.3 is 62.4 Å². The first-order valence-electron chi connectivity index (χ1n) is 3.02. The summed E-state index contributed by atoms with van der Waals surface area (Å²) < 4.78 is 13.4. The van der Waals surface area contributed by atoms with Gasteiger partial charge in [0.15, 0.2) is 5.96 Å². The smallest absolute Gasteiger partial charge is 0.780 e. The molecule has 0 bridgehead atoms. The van der Waals surface area contributed by atoms with Gasteiger partial charge in [-0.15, -0.1) is 0 Å². The molecule has 0 aliphatic rings. The Balaban J connectivity index is -0.0000000257. The maximum Gasteiger partial charge on any atom is 1.00 e. The second-order valence-corrected chi connectivity index (χ2v) is 3.23. The number of rotatable bonds is 3. The molecular weight excluding hydrogens is 343 g/mol. The van der Waals surface area contributed by atoms with Crippen LogP contribution in [0.25, 0.3) is 0 Å². The van der Waals surface area contributed by atoms with Crippen molar-refractivity contribution in [2.24, 2.45) is 5.73 Å². The van der Waals surface area contributed by atoms with Gasteiger partial charge in [-0.05, 0) is 0 Å². The second kappa shape index (κ2) is 25.6. The van der Waals surface area contributed by atoms with Gasteiger partial charge in [0, 0.05) is 7.05 Å². The van der Waals surface area contributed by atoms with Gasteiger partial charge in [-0.3, -0.25) is 5.41 Å². The van der Waals surface area contributed by atoms with Crippen molar-refractivity contribution in [2.75, 3.05) is 13.6 Å². The fourth-order valence-corrected chi connectivity index (χ4v) is 0.740. The number of carbonyl (C=O) groups is 1. The molecule has 0 saturated heterocycles. The van der Waals surface area contributed by atoms with E-state index in [2.05, 4.69) is 4.52 Å². The standard InChI is InChI=1S/C4H10N3O5P.2Na.6H2O/c1-7(4(5)6)2-3(8)12-13(9,10)11;;;;;;;;/h2H2,1H3,(H3,5,6)(H2,9,10,11);;;6*1H2/q;2*+1;;;;;;/p-2. The van der Waals surface area contributed by atoms with Crippen LogP contribution in [0.3, 0.4) is 0 Å². The van der Waals surface area contributed by atoms with Crippen molar-refractivity contribution in [3.05, 3.63) is 0 Å². The minimum Gasteiger partial charge on any atom is -0.780 e. The van der Waals surface area contributed by atoms with Gasteiger partial charge >= 0.3 is 65.1 Å². The topological polar surface area (TPSA) is 332 Å². The molecule has 17 heteroatoms. The fourth-order valence-electron chi connectivity index (χ4n) is 0.432. The van der Waals surface area contributed by atoms with E-state index in [1.54, 1.807) is 0 Å². The third kappa shape index (κ3) is 38.5. The number of guanidine groups is 1. The van der Waals surface area contributed by atoms with Crippen LogP contribution in [0.5, 0.6) is 0 Å². The van der Waals surface area contributed by atoms with Crippen LogP contribution in [0, 0.1) is 5.41 Å². The van der Waals surface area contributed by atoms with E-state index < -0.39 is 26.3 Å². The van der Waals surface area contributed by atoms with Crippen LogP contribution in [-0.4, -0.2) is 63.3 Å². The van der Waals surface area contributed by atoms with Crippen LogP contribution < -0.4 is 74.6 Å². The Morgan fingerprint density at radius 3 is 1.62 bits per heavy atom. The predicted octanol–water partition coefficient (Wildman–Crippen LogP) is -13.8. The summed E-state index contributed by atoms with van der Waals surface area (Å²) in [5.41, 5.74) is 4.92. The molecule has 0 aliphatic carbocycles. The fraction of sp³-hybridized carbons (Fsp3) is 0.500. The van der Waals surface area contributed by atoms with E-state index >= 15 is 0 Å². The summed E-state index contributed by atoms with van der Waals surface area (Å²) in [5.74, 6) is -1.71. The predicted molar refractivity (Wildman–Crippen MR) is 59.9 cm³/mol. The molecule has 0 aliphatic heterocycles. The van der Waals surface area contributed by atoms with Gasteiger partial charge in [0.25, 0.3) is 0 Å². The first-order valence-corrected chi connectivity index (χ1v) is 4.48. The minimum absolute atomic E-state index is 0. The number of likely N-dealkylation sites (N-methyl/N-ethyl adjacent to an activating group) is 1. The van der Waals surface area contributed by atoms with Crippen molar-refractivity contribution >= 4 is 19.8 Å². The SMILES string of the molecule is CN(CC(=O)OP(=O)([O-])[O-])C(=N)N.O.O.O.O.O.O.[Na+].[Na+]. The largest absolute Gasteiger partial charge is 1.00 e. The van der Waals surface area contributed by atoms with Gasteiger partial charge in [-0.1, -0.05) is 0 Å². The van der Waals surface area contributed by atoms with Crippen molar-refractivity contribution in [3.63, 3.8) is 0 Å². The molecular formula is C4H20N3Na2O11P. The van der Waals surface area contributed by atoms with Crippen LogP contribution in [0.4, 0.5) is 0 Å². The number of nitrogens with two attached hydrogens (primary N) is 1. The summed E-state index contributed by atoms with van der Waals surface area (Å²) in [5, 5.41) is 6.80. The maximum atomic E-state index is 10.6. The third-order valence-electron chi connectivity index (χ3n) is 0.991. The van der Waals surface area contributed by atoms with Crippen molar-refractivity contribution in [1.82, 2.24) is 4.90 Å². The minimum atomic E-state index is -5.30. The third-order valence-corrected chi connectivity index (χ3v) is 1.42. The average Bonchev–Trinajstić information content (AvgIpc) is 1.81. The Morgan fingerprint density at radius 1 is 1.14 bits per heavy atom. The molecule has 0 fully saturated rings. The molecule has 0 unspecified atom stereocenters. The normalized spacial score (nSPS) is 6.62. The molecule has 0 saturated carbocycles. The summed E-state index contributed by atoms with van der Waals surface area (Å²) >= 11 is 0. The molecule has 21 heavy (non-hydrogen) atoms. The zero-order chi connectivity index (χ0) is 10.6. The van der Waals surface area contributed by atoms with Crippen LogP contribution >= 0.6 is 7.82 Å². The molecule has 14 nitrogen and oxygen atoms in total. The summed E-state index contributed by atoms with van der Waals surface area (Å²) in [6.45, 7) is -0.566. The summed E-state index contributed by atoms with van der Waals surface area (Å²) in [6, 6.07) is 0. The van der Waals surface area contributed by atoms with E-state index in [-0.39, 0.29) is 92.0 Å². The number of carbonyl (C=O) groups excluding carboxylic acids is 1. The Bertz CT molecular complexity index is 276. The first-order chi connectivity index (χ1) is 5.72. The average molecular weight is 363 g/mol. The monoisotopic (exact) mass is 363 g/mol. The van der Waals surface area contributed by atoms with Gasteiger partial charge in [0.1, 0.15) is 14.4 Å². The number of phosphoric ester groups is 1. The van der Waals surface area contributed by atoms with Crippen molar-refractivity contribution in [1.29, 1.82) is 5.41 Å². The van der Waals surface area contributed by atoms with Crippen LogP contribution in [0.2, 0.25) is 0 Å². The van der Waals surface area contributed by atoms with E-state index in [0.29, 0.717) is 0 Å². The van der Waals surface area contributed by atoms with E-state index in [0.717, 1.165) is 4.90 Å². The maximum absolute atomic E-state index is 10.6. The zero-order valence-corrected chi connectivity index (χ0v) is 16.6. The summed E-state index contributed by atoms with van der Waals surface area (Å²) in [6.07, 6.45) is 0. The Kier molecular flexibility index (Phi) is 70.3. The molecule has 0 aromatic rings. The molecule has 0 aromatic carbocycles. The first kappa shape index (κ1) is 57.7. The molecule has 0 amide bonds. The van der Waals surface area contributed by atoms with E-state index in [1.807, 2.05) is 0 Å². The van der Waals surface area contributed by atoms with Gasteiger partial charge in [-0.25, -0.2) is 4.79 Å². The van der Waals surface area contributed by atoms with E-state index in [1.165, 1.54) is 7.05 Å². The Labute approximate surface area is 164 Å². The van der Waals surface area contributed by atoms with E-state index in [9.17, 15) is 19.1 Å². The number of hydrogen-bond donors (Lipinski definition) is 2. The molecule has 0 radical (unpaired) electrons. The molecule has 124 valence electrons. The van der Waals surface area contributed by atoms with Gasteiger partial charge in [0.05, 0.1) is 0 Å². The van der Waals surface area contributed by atoms with Crippen LogP contribution in [0.15, 0.2) is 0 Å². The van der Waals surface area contributed by atoms with E-state index in [4.69, 9.17) is 11.1 Å². The summed E-state index contributed by atoms with van der Waals surface area (Å²) in [7, 11) is -4.03. The van der Waals surface area contributed by atoms with Gasteiger partial charge in [0.2, 0.25) is 0 Å². The molecule has 15 N–H and O–H groups in total. The second-order valence-electron chi connectivity index (χ2n) is 2.15. The number of nitrogens with one attached hydrogen (secondary N) is 1. The van der Waals surface area contributed by atoms with Gasteiger partial charge in [-0.2, -0.15) is 0 Å². The molecule has 0 rings (SSSR count). The van der Waals surface area contributed by atoms with Crippen molar-refractivity contribution < 1.29 is 116 Å². The summed E-state index contributed by atoms with van der Waals surface area (Å²) in [4.78, 5) is 31.3. The quantitative estimate of drug-likeness (QED) is 0.210. The zero-order valence-electron chi connectivity index (χ0n) is 11.7. The molecule has 0 aromatic heterocycles. The van der Waals surface area contributed by atoms with Crippen LogP contribution in [-0.2, 0) is 13.9 Å². The number of phosphoric acid groups is 1. The Hall–Kier alpha value is 0.650. The number of hydrogen-bond acceptors (Lipinski definition) is 6. The van der Waals surface area contributed by atoms with Crippen molar-refractivity contribution in [2.45, 2.75) is 0 Å². The molecule has 0 spiro atoms. The van der Waals surface area contributed by atoms with Crippen molar-refractivity contribution in [3.8, 4) is 0 Å². The molecule has 0 heterocycles.